The fraction of sp³-hybridized carbons (Fsp3) is 0.476. The van der Waals surface area contributed by atoms with E-state index in [1.807, 2.05) is 0 Å². The second-order valence-corrected chi connectivity index (χ2v) is 7.86. The number of rotatable bonds is 10. The molecule has 1 aliphatic carbocycles. The molecule has 1 amide bonds. The lowest BCUT2D eigenvalue weighted by atomic mass is 10.0. The van der Waals surface area contributed by atoms with Crippen LogP contribution in [0.25, 0.3) is 11.3 Å². The maximum atomic E-state index is 12.6. The number of nitrogens with zero attached hydrogens (tertiary/aromatic N) is 2. The number of aromatic nitrogens is 2. The van der Waals surface area contributed by atoms with E-state index in [1.54, 1.807) is 38.3 Å². The summed E-state index contributed by atoms with van der Waals surface area (Å²) in [5.41, 5.74) is 0.446. The van der Waals surface area contributed by atoms with E-state index in [1.165, 1.54) is 6.20 Å². The van der Waals surface area contributed by atoms with E-state index < -0.39 is 5.60 Å². The normalized spacial score (nSPS) is 15.6. The van der Waals surface area contributed by atoms with Gasteiger partial charge in [-0.15, -0.1) is 0 Å². The van der Waals surface area contributed by atoms with Crippen molar-refractivity contribution in [2.24, 2.45) is 5.92 Å². The Kier molecular flexibility index (Phi) is 7.05. The van der Waals surface area contributed by atoms with Crippen molar-refractivity contribution in [3.05, 3.63) is 41.2 Å². The largest absolute Gasteiger partial charge is 0.476 e. The standard InChI is InChI=1S/C21H26ClN3O4/c1-21(27,15-6-7-15)13-24-19(26)17-12-23-20(29-11-3-10-28-2)18(25-17)14-4-8-16(22)9-5-14/h4-5,8-9,12,15,27H,3,6-7,10-11,13H2,1-2H3,(H,24,26). The Morgan fingerprint density at radius 2 is 2.03 bits per heavy atom. The van der Waals surface area contributed by atoms with Crippen LogP contribution in [-0.4, -0.2) is 53.5 Å². The molecule has 3 rings (SSSR count). The smallest absolute Gasteiger partial charge is 0.271 e. The van der Waals surface area contributed by atoms with E-state index in [9.17, 15) is 9.90 Å². The zero-order valence-electron chi connectivity index (χ0n) is 16.7. The summed E-state index contributed by atoms with van der Waals surface area (Å²) in [6, 6.07) is 7.08. The molecule has 0 saturated heterocycles. The van der Waals surface area contributed by atoms with E-state index in [4.69, 9.17) is 21.1 Å². The Balaban J connectivity index is 1.78. The van der Waals surface area contributed by atoms with Gasteiger partial charge in [0.1, 0.15) is 11.4 Å². The molecular formula is C21H26ClN3O4. The number of amides is 1. The summed E-state index contributed by atoms with van der Waals surface area (Å²) in [4.78, 5) is 21.4. The molecule has 1 saturated carbocycles. The van der Waals surface area contributed by atoms with Crippen molar-refractivity contribution in [2.75, 3.05) is 26.9 Å². The van der Waals surface area contributed by atoms with Crippen LogP contribution in [0.1, 0.15) is 36.7 Å². The van der Waals surface area contributed by atoms with Crippen LogP contribution in [0.3, 0.4) is 0 Å². The Labute approximate surface area is 175 Å². The zero-order valence-corrected chi connectivity index (χ0v) is 17.4. The molecule has 2 aromatic rings. The van der Waals surface area contributed by atoms with Gasteiger partial charge >= 0.3 is 0 Å². The zero-order chi connectivity index (χ0) is 20.9. The fourth-order valence-corrected chi connectivity index (χ4v) is 3.09. The molecule has 2 N–H and O–H groups in total. The number of methoxy groups -OCH3 is 1. The highest BCUT2D eigenvalue weighted by Gasteiger charge is 2.40. The maximum Gasteiger partial charge on any atom is 0.271 e. The molecule has 0 spiro atoms. The number of halogens is 1. The highest BCUT2D eigenvalue weighted by Crippen LogP contribution is 2.39. The number of aliphatic hydroxyl groups is 1. The van der Waals surface area contributed by atoms with Crippen LogP contribution in [0.5, 0.6) is 5.88 Å². The van der Waals surface area contributed by atoms with Crippen molar-refractivity contribution in [3.8, 4) is 17.1 Å². The lowest BCUT2D eigenvalue weighted by molar-refractivity contribution is 0.0353. The second-order valence-electron chi connectivity index (χ2n) is 7.42. The number of hydrogen-bond donors (Lipinski definition) is 2. The SMILES string of the molecule is COCCCOc1ncc(C(=O)NCC(C)(O)C2CC2)nc1-c1ccc(Cl)cc1. The van der Waals surface area contributed by atoms with Gasteiger partial charge in [0, 0.05) is 37.3 Å². The van der Waals surface area contributed by atoms with Gasteiger partial charge in [-0.05, 0) is 37.8 Å². The Hall–Kier alpha value is -2.22. The van der Waals surface area contributed by atoms with Crippen LogP contribution in [0.15, 0.2) is 30.5 Å². The predicted octanol–water partition coefficient (Wildman–Crippen LogP) is 3.10. The minimum Gasteiger partial charge on any atom is -0.476 e. The van der Waals surface area contributed by atoms with Gasteiger partial charge in [-0.3, -0.25) is 4.79 Å². The molecule has 1 heterocycles. The van der Waals surface area contributed by atoms with Crippen molar-refractivity contribution in [3.63, 3.8) is 0 Å². The molecule has 1 aliphatic rings. The van der Waals surface area contributed by atoms with Crippen molar-refractivity contribution in [1.82, 2.24) is 15.3 Å². The minimum absolute atomic E-state index is 0.158. The van der Waals surface area contributed by atoms with E-state index in [0.717, 1.165) is 18.4 Å². The maximum absolute atomic E-state index is 12.6. The van der Waals surface area contributed by atoms with Crippen molar-refractivity contribution < 1.29 is 19.4 Å². The molecule has 0 bridgehead atoms. The van der Waals surface area contributed by atoms with Gasteiger partial charge in [0.05, 0.1) is 18.4 Å². The van der Waals surface area contributed by atoms with Crippen LogP contribution in [0.4, 0.5) is 0 Å². The van der Waals surface area contributed by atoms with Gasteiger partial charge in [-0.25, -0.2) is 9.97 Å². The molecule has 1 aromatic carbocycles. The molecule has 1 atom stereocenters. The second kappa shape index (κ2) is 9.52. The lowest BCUT2D eigenvalue weighted by Crippen LogP contribution is -2.42. The number of benzene rings is 1. The Bertz CT molecular complexity index is 838. The molecule has 0 aliphatic heterocycles. The highest BCUT2D eigenvalue weighted by atomic mass is 35.5. The molecule has 8 heteroatoms. The summed E-state index contributed by atoms with van der Waals surface area (Å²) in [5, 5.41) is 13.8. The minimum atomic E-state index is -0.910. The molecule has 1 aromatic heterocycles. The number of hydrogen-bond acceptors (Lipinski definition) is 6. The van der Waals surface area contributed by atoms with Gasteiger partial charge in [0.2, 0.25) is 5.88 Å². The number of carbonyl (C=O) groups excluding carboxylic acids is 1. The summed E-state index contributed by atoms with van der Waals surface area (Å²) in [5.74, 6) is 0.186. The fourth-order valence-electron chi connectivity index (χ4n) is 2.96. The number of carbonyl (C=O) groups is 1. The van der Waals surface area contributed by atoms with E-state index >= 15 is 0 Å². The molecule has 1 unspecified atom stereocenters. The first-order valence-corrected chi connectivity index (χ1v) is 10.0. The number of ether oxygens (including phenoxy) is 2. The van der Waals surface area contributed by atoms with Crippen LogP contribution in [0.2, 0.25) is 5.02 Å². The molecule has 0 radical (unpaired) electrons. The van der Waals surface area contributed by atoms with E-state index in [0.29, 0.717) is 36.2 Å². The van der Waals surface area contributed by atoms with Crippen molar-refractivity contribution in [1.29, 1.82) is 0 Å². The summed E-state index contributed by atoms with van der Waals surface area (Å²) < 4.78 is 10.8. The summed E-state index contributed by atoms with van der Waals surface area (Å²) in [7, 11) is 1.63. The molecular weight excluding hydrogens is 394 g/mol. The first-order chi connectivity index (χ1) is 13.9. The van der Waals surface area contributed by atoms with Gasteiger partial charge in [-0.2, -0.15) is 0 Å². The topological polar surface area (TPSA) is 93.6 Å². The number of nitrogens with one attached hydrogen (secondary N) is 1. The van der Waals surface area contributed by atoms with Gasteiger partial charge in [0.15, 0.2) is 0 Å². The Morgan fingerprint density at radius 1 is 1.31 bits per heavy atom. The van der Waals surface area contributed by atoms with Crippen molar-refractivity contribution in [2.45, 2.75) is 31.8 Å². The monoisotopic (exact) mass is 419 g/mol. The summed E-state index contributed by atoms with van der Waals surface area (Å²) in [6.07, 6.45) is 4.06. The van der Waals surface area contributed by atoms with Crippen LogP contribution < -0.4 is 10.1 Å². The highest BCUT2D eigenvalue weighted by molar-refractivity contribution is 6.30. The molecule has 1 fully saturated rings. The first-order valence-electron chi connectivity index (χ1n) is 9.66. The summed E-state index contributed by atoms with van der Waals surface area (Å²) >= 11 is 5.98. The summed E-state index contributed by atoms with van der Waals surface area (Å²) in [6.45, 7) is 2.90. The third-order valence-corrected chi connectivity index (χ3v) is 5.14. The predicted molar refractivity (Wildman–Crippen MR) is 110 cm³/mol. The van der Waals surface area contributed by atoms with Gasteiger partial charge in [-0.1, -0.05) is 23.7 Å². The van der Waals surface area contributed by atoms with Gasteiger partial charge in [0.25, 0.3) is 5.91 Å². The van der Waals surface area contributed by atoms with Crippen LogP contribution in [0, 0.1) is 5.92 Å². The Morgan fingerprint density at radius 3 is 2.69 bits per heavy atom. The average molecular weight is 420 g/mol. The van der Waals surface area contributed by atoms with Crippen molar-refractivity contribution >= 4 is 17.5 Å². The van der Waals surface area contributed by atoms with Crippen LogP contribution >= 0.6 is 11.6 Å². The third kappa shape index (κ3) is 5.88. The first kappa shape index (κ1) is 21.5. The van der Waals surface area contributed by atoms with Gasteiger partial charge < -0.3 is 19.9 Å². The molecule has 7 nitrogen and oxygen atoms in total. The van der Waals surface area contributed by atoms with Crippen LogP contribution in [-0.2, 0) is 4.74 Å². The van der Waals surface area contributed by atoms with E-state index in [2.05, 4.69) is 15.3 Å². The average Bonchev–Trinajstić information content (AvgIpc) is 3.56. The molecule has 156 valence electrons. The molecule has 29 heavy (non-hydrogen) atoms. The third-order valence-electron chi connectivity index (χ3n) is 4.88. The van der Waals surface area contributed by atoms with E-state index in [-0.39, 0.29) is 24.1 Å². The quantitative estimate of drug-likeness (QED) is 0.575. The lowest BCUT2D eigenvalue weighted by Gasteiger charge is -2.23.